The first-order valence-electron chi connectivity index (χ1n) is 41.8. The number of carbonyl (C=O) groups is 4. The molecule has 0 fully saturated rings. The topological polar surface area (TPSA) is 237 Å². The summed E-state index contributed by atoms with van der Waals surface area (Å²) in [7, 11) is -9.98. The third-order valence-electron chi connectivity index (χ3n) is 17.8. The smallest absolute Gasteiger partial charge is 0.462 e. The van der Waals surface area contributed by atoms with E-state index in [9.17, 15) is 43.2 Å². The molecule has 0 aliphatic carbocycles. The summed E-state index contributed by atoms with van der Waals surface area (Å²) in [4.78, 5) is 73.1. The number of allylic oxidation sites excluding steroid dienone is 14. The first-order chi connectivity index (χ1) is 50.7. The Bertz CT molecular complexity index is 2300. The van der Waals surface area contributed by atoms with Crippen LogP contribution >= 0.6 is 15.6 Å². The van der Waals surface area contributed by atoms with Crippen LogP contribution in [-0.4, -0.2) is 96.7 Å². The molecule has 3 N–H and O–H groups in total. The van der Waals surface area contributed by atoms with Gasteiger partial charge in [0.15, 0.2) is 12.2 Å². The van der Waals surface area contributed by atoms with Gasteiger partial charge >= 0.3 is 39.5 Å². The van der Waals surface area contributed by atoms with Gasteiger partial charge in [0.25, 0.3) is 0 Å². The van der Waals surface area contributed by atoms with Gasteiger partial charge in [-0.25, -0.2) is 9.13 Å². The largest absolute Gasteiger partial charge is 0.472 e. The standard InChI is InChI=1S/C85H152O17P2/c1-5-9-13-17-21-25-29-33-37-39-43-46-50-54-58-62-66-70-83(88)96-76-80(101-84(89)71-67-63-59-55-51-47-42-36-32-28-24-20-16-12-8-4)77-99-103(91,92)97-73-79(86)74-98-104(93,94)100-78-81(75-95-82(87)69-65-61-57-53-49-45-41-35-31-27-23-19-15-11-7-3)102-85(90)72-68-64-60-56-52-48-44-40-38-34-30-26-22-18-14-10-6-2/h22,24,26,28,34-36,38,41-42,44,48,56,60,79-81,86H,5-21,23,25,27,29-33,37,39-40,43,45-47,49-55,57-59,61-78H2,1-4H3,(H,91,92)(H,93,94)/b26-22-,28-24-,38-34-,41-35-,42-36-,48-44-,60-56-/t79-,80-,81-/m1/s1. The Morgan fingerprint density at radius 1 is 0.269 bits per heavy atom. The van der Waals surface area contributed by atoms with E-state index in [-0.39, 0.29) is 25.7 Å². The van der Waals surface area contributed by atoms with Gasteiger partial charge in [0.1, 0.15) is 19.3 Å². The fraction of sp³-hybridized carbons (Fsp3) is 0.788. The van der Waals surface area contributed by atoms with Crippen molar-refractivity contribution < 1.29 is 80.2 Å². The minimum atomic E-state index is -4.99. The highest BCUT2D eigenvalue weighted by atomic mass is 31.2. The predicted octanol–water partition coefficient (Wildman–Crippen LogP) is 24.6. The molecule has 19 heteroatoms. The Morgan fingerprint density at radius 3 is 0.788 bits per heavy atom. The third-order valence-corrected chi connectivity index (χ3v) is 19.7. The van der Waals surface area contributed by atoms with Crippen LogP contribution in [0.2, 0.25) is 0 Å². The molecule has 2 unspecified atom stereocenters. The molecule has 0 bridgehead atoms. The fourth-order valence-electron chi connectivity index (χ4n) is 11.4. The molecule has 0 amide bonds. The molecular formula is C85H152O17P2. The number of rotatable bonds is 79. The van der Waals surface area contributed by atoms with Crippen LogP contribution in [0.4, 0.5) is 0 Å². The van der Waals surface area contributed by atoms with Gasteiger partial charge in [-0.2, -0.15) is 0 Å². The van der Waals surface area contributed by atoms with Crippen molar-refractivity contribution in [2.75, 3.05) is 39.6 Å². The minimum Gasteiger partial charge on any atom is -0.462 e. The molecule has 0 aromatic rings. The Morgan fingerprint density at radius 2 is 0.481 bits per heavy atom. The van der Waals surface area contributed by atoms with Gasteiger partial charge in [-0.1, -0.05) is 312 Å². The number of phosphoric ester groups is 2. The lowest BCUT2D eigenvalue weighted by molar-refractivity contribution is -0.161. The van der Waals surface area contributed by atoms with Crippen molar-refractivity contribution in [3.63, 3.8) is 0 Å². The first-order valence-corrected chi connectivity index (χ1v) is 44.8. The maximum Gasteiger partial charge on any atom is 0.472 e. The number of phosphoric acid groups is 2. The SMILES string of the molecule is CCCCC/C=C\C/C=C\C/C=C\C/C=C\CCCC(=O)O[C@H](COC(=O)CCCCCCC/C=C\CCCCCCCC)COP(=O)(O)OC[C@H](O)COP(=O)(O)OC[C@@H](COC(=O)CCCCCCCCCCCCCCCCCCC)OC(=O)CCCCCCC/C=C\C/C=C\CCCCC. The fourth-order valence-corrected chi connectivity index (χ4v) is 13.0. The van der Waals surface area contributed by atoms with Crippen LogP contribution in [0.5, 0.6) is 0 Å². The molecule has 0 spiro atoms. The number of carbonyl (C=O) groups excluding carboxylic acids is 4. The number of esters is 4. The number of ether oxygens (including phenoxy) is 4. The van der Waals surface area contributed by atoms with E-state index < -0.39 is 97.5 Å². The number of hydrogen-bond acceptors (Lipinski definition) is 15. The van der Waals surface area contributed by atoms with Gasteiger partial charge in [0.05, 0.1) is 26.4 Å². The number of unbranched alkanes of at least 4 members (excludes halogenated alkanes) is 39. The summed E-state index contributed by atoms with van der Waals surface area (Å²) in [5.74, 6) is -2.24. The first kappa shape index (κ1) is 100. The van der Waals surface area contributed by atoms with Gasteiger partial charge in [0.2, 0.25) is 0 Å². The van der Waals surface area contributed by atoms with Gasteiger partial charge in [-0.15, -0.1) is 0 Å². The van der Waals surface area contributed by atoms with Crippen molar-refractivity contribution in [3.8, 4) is 0 Å². The molecule has 0 aromatic carbocycles. The third kappa shape index (κ3) is 76.4. The lowest BCUT2D eigenvalue weighted by Gasteiger charge is -2.21. The van der Waals surface area contributed by atoms with Crippen LogP contribution in [0.3, 0.4) is 0 Å². The zero-order valence-corrected chi connectivity index (χ0v) is 68.0. The van der Waals surface area contributed by atoms with Crippen LogP contribution in [0.15, 0.2) is 85.1 Å². The molecule has 0 saturated heterocycles. The van der Waals surface area contributed by atoms with Gasteiger partial charge in [-0.05, 0) is 122 Å². The maximum atomic E-state index is 13.1. The number of aliphatic hydroxyl groups is 1. The summed E-state index contributed by atoms with van der Waals surface area (Å²) in [6.45, 7) is 4.80. The molecule has 104 heavy (non-hydrogen) atoms. The Hall–Kier alpha value is -3.76. The summed E-state index contributed by atoms with van der Waals surface area (Å²) in [6.07, 6.45) is 81.3. The van der Waals surface area contributed by atoms with E-state index >= 15 is 0 Å². The monoisotopic (exact) mass is 1510 g/mol. The maximum absolute atomic E-state index is 13.1. The van der Waals surface area contributed by atoms with E-state index in [1.165, 1.54) is 161 Å². The molecule has 0 aromatic heterocycles. The van der Waals surface area contributed by atoms with E-state index in [1.54, 1.807) is 0 Å². The van der Waals surface area contributed by atoms with E-state index in [4.69, 9.17) is 37.0 Å². The van der Waals surface area contributed by atoms with E-state index in [1.807, 2.05) is 12.2 Å². The second-order valence-electron chi connectivity index (χ2n) is 28.1. The zero-order valence-electron chi connectivity index (χ0n) is 66.2. The van der Waals surface area contributed by atoms with Crippen LogP contribution in [0.1, 0.15) is 374 Å². The van der Waals surface area contributed by atoms with Crippen molar-refractivity contribution in [1.29, 1.82) is 0 Å². The number of hydrogen-bond donors (Lipinski definition) is 3. The van der Waals surface area contributed by atoms with Crippen LogP contribution in [0.25, 0.3) is 0 Å². The molecule has 604 valence electrons. The summed E-state index contributed by atoms with van der Waals surface area (Å²) in [5, 5.41) is 10.7. The molecule has 0 heterocycles. The number of aliphatic hydroxyl groups excluding tert-OH is 1. The van der Waals surface area contributed by atoms with Crippen LogP contribution < -0.4 is 0 Å². The normalized spacial score (nSPS) is 14.3. The van der Waals surface area contributed by atoms with Gasteiger partial charge in [0, 0.05) is 25.7 Å². The Kier molecular flexibility index (Phi) is 74.6. The highest BCUT2D eigenvalue weighted by Gasteiger charge is 2.30. The summed E-state index contributed by atoms with van der Waals surface area (Å²) < 4.78 is 68.7. The zero-order chi connectivity index (χ0) is 76.0. The second-order valence-corrected chi connectivity index (χ2v) is 31.0. The second kappa shape index (κ2) is 77.4. The van der Waals surface area contributed by atoms with Crippen molar-refractivity contribution in [2.24, 2.45) is 0 Å². The molecule has 0 aliphatic rings. The molecule has 0 rings (SSSR count). The lowest BCUT2D eigenvalue weighted by Crippen LogP contribution is -2.30. The molecule has 17 nitrogen and oxygen atoms in total. The Balaban J connectivity index is 5.40. The highest BCUT2D eigenvalue weighted by Crippen LogP contribution is 2.45. The molecule has 5 atom stereocenters. The molecule has 0 saturated carbocycles. The summed E-state index contributed by atoms with van der Waals surface area (Å²) in [6, 6.07) is 0. The quantitative estimate of drug-likeness (QED) is 0.0169. The summed E-state index contributed by atoms with van der Waals surface area (Å²) >= 11 is 0. The molecule has 0 radical (unpaired) electrons. The molecule has 0 aliphatic heterocycles. The van der Waals surface area contributed by atoms with Gasteiger partial charge in [-0.3, -0.25) is 37.3 Å². The van der Waals surface area contributed by atoms with Crippen molar-refractivity contribution >= 4 is 39.5 Å². The molecular weight excluding hydrogens is 1350 g/mol. The Labute approximate surface area is 634 Å². The van der Waals surface area contributed by atoms with Crippen molar-refractivity contribution in [2.45, 2.75) is 393 Å². The van der Waals surface area contributed by atoms with Crippen molar-refractivity contribution in [3.05, 3.63) is 85.1 Å². The van der Waals surface area contributed by atoms with Crippen LogP contribution in [0, 0.1) is 0 Å². The van der Waals surface area contributed by atoms with Crippen LogP contribution in [-0.2, 0) is 65.4 Å². The average Bonchev–Trinajstić information content (AvgIpc) is 1.07. The lowest BCUT2D eigenvalue weighted by atomic mass is 10.0. The highest BCUT2D eigenvalue weighted by molar-refractivity contribution is 7.47. The summed E-state index contributed by atoms with van der Waals surface area (Å²) in [5.41, 5.74) is 0. The van der Waals surface area contributed by atoms with Gasteiger partial charge < -0.3 is 33.8 Å². The van der Waals surface area contributed by atoms with E-state index in [0.29, 0.717) is 32.1 Å². The van der Waals surface area contributed by atoms with E-state index in [0.717, 1.165) is 128 Å². The van der Waals surface area contributed by atoms with Crippen molar-refractivity contribution in [1.82, 2.24) is 0 Å². The predicted molar refractivity (Wildman–Crippen MR) is 427 cm³/mol. The minimum absolute atomic E-state index is 0.0190. The average molecular weight is 1510 g/mol. The van der Waals surface area contributed by atoms with E-state index in [2.05, 4.69) is 101 Å².